The third-order valence-corrected chi connectivity index (χ3v) is 5.66. The molecule has 0 radical (unpaired) electrons. The molecule has 138 valence electrons. The summed E-state index contributed by atoms with van der Waals surface area (Å²) >= 11 is 0.693. The van der Waals surface area contributed by atoms with E-state index in [0.717, 1.165) is 34.7 Å². The number of benzene rings is 1. The van der Waals surface area contributed by atoms with Crippen LogP contribution < -0.4 is 9.64 Å². The zero-order valence-corrected chi connectivity index (χ0v) is 20.1. The molecule has 0 unspecified atom stereocenters. The second-order valence-corrected chi connectivity index (χ2v) is 8.94. The van der Waals surface area contributed by atoms with Crippen molar-refractivity contribution in [1.29, 1.82) is 0 Å². The van der Waals surface area contributed by atoms with E-state index in [1.807, 2.05) is 55.0 Å². The number of aromatic nitrogens is 3. The van der Waals surface area contributed by atoms with Crippen molar-refractivity contribution in [3.05, 3.63) is 71.9 Å². The summed E-state index contributed by atoms with van der Waals surface area (Å²) in [7, 11) is 0. The average molecular weight is 564 g/mol. The first-order valence-corrected chi connectivity index (χ1v) is 11.1. The molecule has 1 aromatic carbocycles. The monoisotopic (exact) mass is 564 g/mol. The Bertz CT molecular complexity index is 1030. The quantitative estimate of drug-likeness (QED) is 0.458. The normalized spacial score (nSPS) is 14.4. The standard InChI is InChI=1S/C21H19N4O2.Tl/c1-15(26)25(13-16-5-3-2-4-6-16)20-8-7-19-21(24-20)17(9-10-27-19)11-18-12-22-14-23-18;/h2-8,11-12,14H,9-10,13H2,1H3;/q-1;+1. The SMILES string of the molecule is CC(=O)N(Cc1ccccc1)c1ccc2c(n1)/C(=C/c1c[n]([Tl])cn1)CCO2. The van der Waals surface area contributed by atoms with Crippen LogP contribution >= 0.6 is 0 Å². The van der Waals surface area contributed by atoms with Gasteiger partial charge in [0.2, 0.25) is 0 Å². The molecule has 4 rings (SSSR count). The Kier molecular flexibility index (Phi) is 5.56. The molecule has 1 aliphatic rings. The minimum absolute atomic E-state index is 0.0470. The first-order valence-electron chi connectivity index (χ1n) is 9.06. The van der Waals surface area contributed by atoms with E-state index in [2.05, 4.69) is 13.4 Å². The van der Waals surface area contributed by atoms with Gasteiger partial charge in [0, 0.05) is 0 Å². The van der Waals surface area contributed by atoms with Crippen molar-refractivity contribution in [2.45, 2.75) is 19.9 Å². The molecule has 0 spiro atoms. The van der Waals surface area contributed by atoms with E-state index in [1.165, 1.54) is 0 Å². The van der Waals surface area contributed by atoms with Crippen LogP contribution in [0.25, 0.3) is 11.6 Å². The van der Waals surface area contributed by atoms with Gasteiger partial charge in [-0.25, -0.2) is 0 Å². The molecule has 1 amide bonds. The van der Waals surface area contributed by atoms with Gasteiger partial charge in [-0.1, -0.05) is 18.2 Å². The number of pyridine rings is 1. The molecule has 0 atom stereocenters. The molecule has 6 nitrogen and oxygen atoms in total. The zero-order chi connectivity index (χ0) is 19.5. The predicted molar refractivity (Wildman–Crippen MR) is 109 cm³/mol. The molecular formula is C21H19N4O2Tl. The number of hydrogen-bond donors (Lipinski definition) is 0. The summed E-state index contributed by atoms with van der Waals surface area (Å²) in [5.41, 5.74) is 3.84. The number of anilines is 1. The number of amides is 1. The summed E-state index contributed by atoms with van der Waals surface area (Å²) in [6, 6.07) is 13.7. The molecule has 7 heteroatoms. The fourth-order valence-electron chi connectivity index (χ4n) is 3.19. The number of carbonyl (C=O) groups excluding carboxylic acids is 1. The molecular weight excluding hydrogens is 545 g/mol. The van der Waals surface area contributed by atoms with E-state index in [-0.39, 0.29) is 5.91 Å². The van der Waals surface area contributed by atoms with Gasteiger partial charge in [-0.05, 0) is 0 Å². The van der Waals surface area contributed by atoms with Gasteiger partial charge in [-0.15, -0.1) is 0 Å². The molecule has 0 fully saturated rings. The van der Waals surface area contributed by atoms with Gasteiger partial charge in [-0.2, -0.15) is 0 Å². The summed E-state index contributed by atoms with van der Waals surface area (Å²) in [6.07, 6.45) is 6.71. The molecule has 28 heavy (non-hydrogen) atoms. The van der Waals surface area contributed by atoms with Crippen LogP contribution in [0.3, 0.4) is 0 Å². The second kappa shape index (κ2) is 8.26. The third-order valence-electron chi connectivity index (χ3n) is 4.56. The number of fused-ring (bicyclic) bond motifs is 1. The van der Waals surface area contributed by atoms with Crippen molar-refractivity contribution >= 4 is 49.4 Å². The van der Waals surface area contributed by atoms with Crippen molar-refractivity contribution in [3.8, 4) is 5.75 Å². The number of ether oxygens (including phenoxy) is 1. The van der Waals surface area contributed by atoms with Gasteiger partial charge in [-0.3, -0.25) is 0 Å². The number of rotatable bonds is 4. The second-order valence-electron chi connectivity index (χ2n) is 6.62. The van der Waals surface area contributed by atoms with Gasteiger partial charge in [0.25, 0.3) is 0 Å². The van der Waals surface area contributed by atoms with E-state index in [1.54, 1.807) is 11.8 Å². The number of carbonyl (C=O) groups is 1. The van der Waals surface area contributed by atoms with E-state index in [0.29, 0.717) is 45.0 Å². The van der Waals surface area contributed by atoms with Crippen molar-refractivity contribution in [2.75, 3.05) is 11.5 Å². The van der Waals surface area contributed by atoms with E-state index < -0.39 is 0 Å². The topological polar surface area (TPSA) is 60.2 Å². The van der Waals surface area contributed by atoms with E-state index in [9.17, 15) is 4.79 Å². The molecule has 0 aliphatic carbocycles. The van der Waals surface area contributed by atoms with E-state index >= 15 is 0 Å². The summed E-state index contributed by atoms with van der Waals surface area (Å²) < 4.78 is 7.86. The van der Waals surface area contributed by atoms with Gasteiger partial charge >= 0.3 is 162 Å². The molecule has 0 saturated heterocycles. The van der Waals surface area contributed by atoms with Crippen LogP contribution in [-0.2, 0) is 11.3 Å². The molecule has 2 aromatic heterocycles. The summed E-state index contributed by atoms with van der Waals surface area (Å²) in [5.74, 6) is 1.33. The van der Waals surface area contributed by atoms with Gasteiger partial charge in [0.15, 0.2) is 0 Å². The Morgan fingerprint density at radius 3 is 2.82 bits per heavy atom. The summed E-state index contributed by atoms with van der Waals surface area (Å²) in [6.45, 7) is 2.66. The van der Waals surface area contributed by atoms with Crippen LogP contribution in [-0.4, -0.2) is 50.9 Å². The average Bonchev–Trinajstić information content (AvgIpc) is 3.11. The van der Waals surface area contributed by atoms with E-state index in [4.69, 9.17) is 9.72 Å². The molecule has 1 aliphatic heterocycles. The Morgan fingerprint density at radius 2 is 2.11 bits per heavy atom. The molecule has 0 saturated carbocycles. The molecule has 0 N–H and O–H groups in total. The number of nitrogens with zero attached hydrogens (tertiary/aromatic N) is 4. The number of hydrogen-bond acceptors (Lipinski definition) is 4. The fraction of sp³-hybridized carbons (Fsp3) is 0.190. The van der Waals surface area contributed by atoms with Crippen LogP contribution in [0.15, 0.2) is 55.0 Å². The van der Waals surface area contributed by atoms with Gasteiger partial charge in [0.1, 0.15) is 0 Å². The van der Waals surface area contributed by atoms with Crippen LogP contribution in [0.1, 0.15) is 30.3 Å². The third kappa shape index (κ3) is 4.16. The summed E-state index contributed by atoms with van der Waals surface area (Å²) in [4.78, 5) is 23.2. The maximum absolute atomic E-state index is 12.3. The Balaban J connectivity index is 1.70. The Morgan fingerprint density at radius 1 is 1.29 bits per heavy atom. The zero-order valence-electron chi connectivity index (χ0n) is 15.6. The Labute approximate surface area is 180 Å². The van der Waals surface area contributed by atoms with Crippen molar-refractivity contribution in [2.24, 2.45) is 0 Å². The minimum atomic E-state index is -0.0470. The first kappa shape index (κ1) is 18.9. The fourth-order valence-corrected chi connectivity index (χ4v) is 4.04. The van der Waals surface area contributed by atoms with Crippen molar-refractivity contribution < 1.29 is 9.53 Å². The number of imidazole rings is 1. The van der Waals surface area contributed by atoms with Crippen molar-refractivity contribution in [3.63, 3.8) is 0 Å². The van der Waals surface area contributed by atoms with Crippen LogP contribution in [0.4, 0.5) is 5.82 Å². The summed E-state index contributed by atoms with van der Waals surface area (Å²) in [5, 5.41) is 0. The van der Waals surface area contributed by atoms with Crippen LogP contribution in [0, 0.1) is 0 Å². The molecule has 0 bridgehead atoms. The van der Waals surface area contributed by atoms with Crippen molar-refractivity contribution in [1.82, 2.24) is 12.3 Å². The van der Waals surface area contributed by atoms with Gasteiger partial charge in [0.05, 0.1) is 0 Å². The predicted octanol–water partition coefficient (Wildman–Crippen LogP) is 3.09. The maximum atomic E-state index is 12.3. The van der Waals surface area contributed by atoms with Crippen LogP contribution in [0.5, 0.6) is 5.75 Å². The van der Waals surface area contributed by atoms with Crippen LogP contribution in [0.2, 0.25) is 0 Å². The first-order chi connectivity index (χ1) is 13.6. The molecule has 3 aromatic rings. The molecule has 3 heterocycles. The Hall–Kier alpha value is -2.49. The van der Waals surface area contributed by atoms with Gasteiger partial charge < -0.3 is 0 Å².